The SMILES string of the molecule is COc1ccccc1CN(C)C(=O)CN1CCNCC1c1ccccc1Cl. The molecule has 0 aromatic heterocycles. The third-order valence-electron chi connectivity index (χ3n) is 4.98. The topological polar surface area (TPSA) is 44.8 Å². The molecule has 1 saturated heterocycles. The lowest BCUT2D eigenvalue weighted by Gasteiger charge is -2.37. The Morgan fingerprint density at radius 1 is 1.26 bits per heavy atom. The summed E-state index contributed by atoms with van der Waals surface area (Å²) in [5, 5.41) is 4.15. The zero-order valence-electron chi connectivity index (χ0n) is 15.8. The zero-order chi connectivity index (χ0) is 19.2. The summed E-state index contributed by atoms with van der Waals surface area (Å²) in [7, 11) is 3.48. The van der Waals surface area contributed by atoms with Gasteiger partial charge in [-0.3, -0.25) is 9.69 Å². The Bertz CT molecular complexity index is 784. The molecule has 5 nitrogen and oxygen atoms in total. The van der Waals surface area contributed by atoms with Crippen LogP contribution < -0.4 is 10.1 Å². The molecule has 3 rings (SSSR count). The molecule has 144 valence electrons. The molecule has 0 saturated carbocycles. The number of nitrogens with zero attached hydrogens (tertiary/aromatic N) is 2. The number of hydrogen-bond acceptors (Lipinski definition) is 4. The summed E-state index contributed by atoms with van der Waals surface area (Å²) < 4.78 is 5.39. The minimum absolute atomic E-state index is 0.0832. The van der Waals surface area contributed by atoms with Crippen LogP contribution in [0.25, 0.3) is 0 Å². The van der Waals surface area contributed by atoms with Crippen molar-refractivity contribution in [2.75, 3.05) is 40.3 Å². The van der Waals surface area contributed by atoms with E-state index in [9.17, 15) is 4.79 Å². The number of halogens is 1. The van der Waals surface area contributed by atoms with Crippen molar-refractivity contribution in [2.45, 2.75) is 12.6 Å². The average molecular weight is 388 g/mol. The highest BCUT2D eigenvalue weighted by atomic mass is 35.5. The molecule has 0 aliphatic carbocycles. The molecule has 1 amide bonds. The molecule has 2 aromatic carbocycles. The van der Waals surface area contributed by atoms with Crippen molar-refractivity contribution in [3.05, 3.63) is 64.7 Å². The molecule has 0 spiro atoms. The Morgan fingerprint density at radius 2 is 2.00 bits per heavy atom. The molecular weight excluding hydrogens is 362 g/mol. The number of carbonyl (C=O) groups excluding carboxylic acids is 1. The lowest BCUT2D eigenvalue weighted by molar-refractivity contribution is -0.132. The first-order chi connectivity index (χ1) is 13.1. The zero-order valence-corrected chi connectivity index (χ0v) is 16.6. The van der Waals surface area contributed by atoms with Gasteiger partial charge in [0.2, 0.25) is 5.91 Å². The van der Waals surface area contributed by atoms with E-state index in [1.807, 2.05) is 55.6 Å². The van der Waals surface area contributed by atoms with Gasteiger partial charge < -0.3 is 15.0 Å². The number of nitrogens with one attached hydrogen (secondary N) is 1. The molecule has 1 unspecified atom stereocenters. The molecule has 0 bridgehead atoms. The van der Waals surface area contributed by atoms with E-state index < -0.39 is 0 Å². The first kappa shape index (κ1) is 19.7. The van der Waals surface area contributed by atoms with Crippen LogP contribution in [0.2, 0.25) is 5.02 Å². The number of ether oxygens (including phenoxy) is 1. The van der Waals surface area contributed by atoms with Crippen LogP contribution in [-0.4, -0.2) is 56.0 Å². The number of methoxy groups -OCH3 is 1. The van der Waals surface area contributed by atoms with Gasteiger partial charge >= 0.3 is 0 Å². The number of para-hydroxylation sites is 1. The summed E-state index contributed by atoms with van der Waals surface area (Å²) in [6.45, 7) is 3.34. The summed E-state index contributed by atoms with van der Waals surface area (Å²) in [5.41, 5.74) is 2.06. The van der Waals surface area contributed by atoms with Crippen LogP contribution in [0, 0.1) is 0 Å². The van der Waals surface area contributed by atoms with Crippen molar-refractivity contribution in [1.82, 2.24) is 15.1 Å². The molecule has 27 heavy (non-hydrogen) atoms. The average Bonchev–Trinajstić information content (AvgIpc) is 2.69. The maximum Gasteiger partial charge on any atom is 0.236 e. The van der Waals surface area contributed by atoms with Crippen LogP contribution in [0.1, 0.15) is 17.2 Å². The molecule has 1 heterocycles. The Kier molecular flexibility index (Phi) is 6.72. The Balaban J connectivity index is 1.68. The largest absolute Gasteiger partial charge is 0.496 e. The van der Waals surface area contributed by atoms with Crippen LogP contribution in [0.5, 0.6) is 5.75 Å². The van der Waals surface area contributed by atoms with Crippen LogP contribution in [0.3, 0.4) is 0 Å². The lowest BCUT2D eigenvalue weighted by Crippen LogP contribution is -2.49. The van der Waals surface area contributed by atoms with Gasteiger partial charge in [-0.15, -0.1) is 0 Å². The van der Waals surface area contributed by atoms with Crippen molar-refractivity contribution in [3.8, 4) is 5.75 Å². The third kappa shape index (κ3) is 4.80. The second-order valence-electron chi connectivity index (χ2n) is 6.77. The smallest absolute Gasteiger partial charge is 0.236 e. The minimum Gasteiger partial charge on any atom is -0.496 e. The molecule has 1 aliphatic rings. The van der Waals surface area contributed by atoms with E-state index in [-0.39, 0.29) is 11.9 Å². The number of rotatable bonds is 6. The van der Waals surface area contributed by atoms with Gasteiger partial charge in [-0.05, 0) is 17.7 Å². The summed E-state index contributed by atoms with van der Waals surface area (Å²) in [4.78, 5) is 16.8. The monoisotopic (exact) mass is 387 g/mol. The Morgan fingerprint density at radius 3 is 2.78 bits per heavy atom. The molecular formula is C21H26ClN3O2. The number of amides is 1. The third-order valence-corrected chi connectivity index (χ3v) is 5.33. The van der Waals surface area contributed by atoms with Crippen molar-refractivity contribution in [1.29, 1.82) is 0 Å². The number of likely N-dealkylation sites (N-methyl/N-ethyl adjacent to an activating group) is 1. The highest BCUT2D eigenvalue weighted by Crippen LogP contribution is 2.28. The van der Waals surface area contributed by atoms with Crippen LogP contribution in [0.15, 0.2) is 48.5 Å². The van der Waals surface area contributed by atoms with E-state index in [1.165, 1.54) is 0 Å². The van der Waals surface area contributed by atoms with E-state index in [4.69, 9.17) is 16.3 Å². The molecule has 1 aliphatic heterocycles. The van der Waals surface area contributed by atoms with Gasteiger partial charge in [0.1, 0.15) is 5.75 Å². The molecule has 1 fully saturated rings. The maximum absolute atomic E-state index is 12.9. The molecule has 0 radical (unpaired) electrons. The summed E-state index contributed by atoms with van der Waals surface area (Å²) in [6.07, 6.45) is 0. The highest BCUT2D eigenvalue weighted by molar-refractivity contribution is 6.31. The summed E-state index contributed by atoms with van der Waals surface area (Å²) in [5.74, 6) is 0.883. The molecule has 6 heteroatoms. The van der Waals surface area contributed by atoms with Crippen molar-refractivity contribution >= 4 is 17.5 Å². The van der Waals surface area contributed by atoms with Crippen LogP contribution in [-0.2, 0) is 11.3 Å². The standard InChI is InChI=1S/C21H26ClN3O2/c1-24(14-16-7-3-6-10-20(16)27-2)21(26)15-25-12-11-23-13-19(25)17-8-4-5-9-18(17)22/h3-10,19,23H,11-15H2,1-2H3. The number of hydrogen-bond donors (Lipinski definition) is 1. The normalized spacial score (nSPS) is 17.5. The highest BCUT2D eigenvalue weighted by Gasteiger charge is 2.27. The van der Waals surface area contributed by atoms with E-state index in [0.29, 0.717) is 13.1 Å². The Labute approximate surface area is 165 Å². The number of carbonyl (C=O) groups is 1. The fraction of sp³-hybridized carbons (Fsp3) is 0.381. The predicted molar refractivity (Wildman–Crippen MR) is 108 cm³/mol. The van der Waals surface area contributed by atoms with Gasteiger partial charge in [0.05, 0.1) is 13.7 Å². The Hall–Kier alpha value is -2.08. The lowest BCUT2D eigenvalue weighted by atomic mass is 10.0. The molecule has 1 atom stereocenters. The first-order valence-electron chi connectivity index (χ1n) is 9.15. The van der Waals surface area contributed by atoms with E-state index in [0.717, 1.165) is 41.5 Å². The van der Waals surface area contributed by atoms with E-state index >= 15 is 0 Å². The van der Waals surface area contributed by atoms with Crippen LogP contribution >= 0.6 is 11.6 Å². The predicted octanol–water partition coefficient (Wildman–Crippen LogP) is 2.95. The summed E-state index contributed by atoms with van der Waals surface area (Å²) in [6, 6.07) is 15.7. The second kappa shape index (κ2) is 9.22. The number of benzene rings is 2. The van der Waals surface area contributed by atoms with Gasteiger partial charge in [-0.1, -0.05) is 48.0 Å². The molecule has 2 aromatic rings. The van der Waals surface area contributed by atoms with Crippen molar-refractivity contribution in [2.24, 2.45) is 0 Å². The summed E-state index contributed by atoms with van der Waals surface area (Å²) >= 11 is 6.40. The van der Waals surface area contributed by atoms with Crippen molar-refractivity contribution < 1.29 is 9.53 Å². The fourth-order valence-electron chi connectivity index (χ4n) is 3.46. The number of piperazine rings is 1. The van der Waals surface area contributed by atoms with Gasteiger partial charge in [0.25, 0.3) is 0 Å². The van der Waals surface area contributed by atoms with Gasteiger partial charge in [0.15, 0.2) is 0 Å². The fourth-order valence-corrected chi connectivity index (χ4v) is 3.72. The quantitative estimate of drug-likeness (QED) is 0.827. The van der Waals surface area contributed by atoms with Gasteiger partial charge in [-0.2, -0.15) is 0 Å². The first-order valence-corrected chi connectivity index (χ1v) is 9.53. The van der Waals surface area contributed by atoms with Crippen LogP contribution in [0.4, 0.5) is 0 Å². The minimum atomic E-state index is 0.0832. The van der Waals surface area contributed by atoms with Gasteiger partial charge in [-0.25, -0.2) is 0 Å². The van der Waals surface area contributed by atoms with Crippen molar-refractivity contribution in [3.63, 3.8) is 0 Å². The van der Waals surface area contributed by atoms with E-state index in [1.54, 1.807) is 12.0 Å². The molecule has 1 N–H and O–H groups in total. The van der Waals surface area contributed by atoms with E-state index in [2.05, 4.69) is 10.2 Å². The second-order valence-corrected chi connectivity index (χ2v) is 7.18. The maximum atomic E-state index is 12.9. The van der Waals surface area contributed by atoms with Gasteiger partial charge in [0, 0.05) is 49.9 Å².